The van der Waals surface area contributed by atoms with Crippen molar-refractivity contribution in [2.24, 2.45) is 11.8 Å². The molecule has 1 atom stereocenters. The van der Waals surface area contributed by atoms with E-state index in [2.05, 4.69) is 26.1 Å². The van der Waals surface area contributed by atoms with Gasteiger partial charge in [0.05, 0.1) is 6.61 Å². The van der Waals surface area contributed by atoms with Gasteiger partial charge in [-0.1, -0.05) is 27.2 Å². The molecule has 1 unspecified atom stereocenters. The monoisotopic (exact) mass is 187 g/mol. The molecule has 0 aromatic carbocycles. The van der Waals surface area contributed by atoms with E-state index in [0.717, 1.165) is 6.42 Å². The predicted molar refractivity (Wildman–Crippen MR) is 53.6 cm³/mol. The second-order valence-corrected chi connectivity index (χ2v) is 3.51. The number of carbonyl (C=O) groups excluding carboxylic acids is 1. The van der Waals surface area contributed by atoms with Crippen molar-refractivity contribution in [3.8, 4) is 0 Å². The lowest BCUT2D eigenvalue weighted by Crippen LogP contribution is -2.31. The van der Waals surface area contributed by atoms with Gasteiger partial charge in [-0.3, -0.25) is 0 Å². The van der Waals surface area contributed by atoms with Crippen LogP contribution in [0.3, 0.4) is 0 Å². The molecule has 1 N–H and O–H groups in total. The summed E-state index contributed by atoms with van der Waals surface area (Å²) >= 11 is 0. The minimum absolute atomic E-state index is 0.304. The van der Waals surface area contributed by atoms with E-state index in [1.165, 1.54) is 0 Å². The Morgan fingerprint density at radius 2 is 2.00 bits per heavy atom. The Balaban J connectivity index is 3.65. The molecule has 0 radical (unpaired) electrons. The normalized spacial score (nSPS) is 12.7. The zero-order valence-corrected chi connectivity index (χ0v) is 9.09. The smallest absolute Gasteiger partial charge is 0.407 e. The zero-order chi connectivity index (χ0) is 10.3. The Hall–Kier alpha value is -0.730. The lowest BCUT2D eigenvalue weighted by atomic mass is 9.93. The Kier molecular flexibility index (Phi) is 6.37. The SMILES string of the molecule is CCOC(=O)NCC(CC)C(C)C. The molecule has 0 rings (SSSR count). The molecule has 0 saturated carbocycles. The van der Waals surface area contributed by atoms with Crippen LogP contribution in [0.25, 0.3) is 0 Å². The maximum Gasteiger partial charge on any atom is 0.407 e. The minimum atomic E-state index is -0.304. The predicted octanol–water partition coefficient (Wildman–Crippen LogP) is 2.41. The maximum absolute atomic E-state index is 11.0. The third-order valence-electron chi connectivity index (χ3n) is 2.25. The molecule has 3 heteroatoms. The molecule has 0 bridgehead atoms. The van der Waals surface area contributed by atoms with Crippen molar-refractivity contribution in [1.29, 1.82) is 0 Å². The summed E-state index contributed by atoms with van der Waals surface area (Å²) in [5.41, 5.74) is 0. The molecule has 0 aromatic rings. The number of ether oxygens (including phenoxy) is 1. The summed E-state index contributed by atoms with van der Waals surface area (Å²) in [4.78, 5) is 11.0. The van der Waals surface area contributed by atoms with Crippen LogP contribution in [0.5, 0.6) is 0 Å². The van der Waals surface area contributed by atoms with Crippen LogP contribution in [0.1, 0.15) is 34.1 Å². The van der Waals surface area contributed by atoms with Crippen molar-refractivity contribution in [3.05, 3.63) is 0 Å². The van der Waals surface area contributed by atoms with Crippen molar-refractivity contribution in [2.75, 3.05) is 13.2 Å². The van der Waals surface area contributed by atoms with Gasteiger partial charge in [0.15, 0.2) is 0 Å². The maximum atomic E-state index is 11.0. The van der Waals surface area contributed by atoms with Gasteiger partial charge in [0.1, 0.15) is 0 Å². The number of nitrogens with one attached hydrogen (secondary N) is 1. The second kappa shape index (κ2) is 6.75. The molecule has 13 heavy (non-hydrogen) atoms. The Morgan fingerprint density at radius 1 is 1.38 bits per heavy atom. The number of amides is 1. The fourth-order valence-corrected chi connectivity index (χ4v) is 1.25. The number of carbonyl (C=O) groups is 1. The molecule has 3 nitrogen and oxygen atoms in total. The Morgan fingerprint density at radius 3 is 2.38 bits per heavy atom. The molecule has 1 amide bonds. The Bertz CT molecular complexity index is 146. The average Bonchev–Trinajstić information content (AvgIpc) is 2.05. The van der Waals surface area contributed by atoms with Crippen LogP contribution >= 0.6 is 0 Å². The van der Waals surface area contributed by atoms with E-state index < -0.39 is 0 Å². The number of hydrogen-bond donors (Lipinski definition) is 1. The van der Waals surface area contributed by atoms with Gasteiger partial charge in [-0.15, -0.1) is 0 Å². The third kappa shape index (κ3) is 5.50. The van der Waals surface area contributed by atoms with E-state index in [0.29, 0.717) is 25.0 Å². The van der Waals surface area contributed by atoms with Gasteiger partial charge >= 0.3 is 6.09 Å². The van der Waals surface area contributed by atoms with Crippen LogP contribution in [0.15, 0.2) is 0 Å². The molecular formula is C10H21NO2. The van der Waals surface area contributed by atoms with Crippen LogP contribution in [0, 0.1) is 11.8 Å². The summed E-state index contributed by atoms with van der Waals surface area (Å²) in [5.74, 6) is 1.15. The molecule has 0 aliphatic rings. The first kappa shape index (κ1) is 12.3. The average molecular weight is 187 g/mol. The summed E-state index contributed by atoms with van der Waals surface area (Å²) in [5, 5.41) is 2.75. The van der Waals surface area contributed by atoms with Crippen molar-refractivity contribution in [2.45, 2.75) is 34.1 Å². The van der Waals surface area contributed by atoms with Crippen LogP contribution < -0.4 is 5.32 Å². The first-order valence-electron chi connectivity index (χ1n) is 5.02. The number of alkyl carbamates (subject to hydrolysis) is 1. The largest absolute Gasteiger partial charge is 0.450 e. The van der Waals surface area contributed by atoms with E-state index in [1.54, 1.807) is 6.92 Å². The lowest BCUT2D eigenvalue weighted by Gasteiger charge is -2.18. The highest BCUT2D eigenvalue weighted by Gasteiger charge is 2.12. The standard InChI is InChI=1S/C10H21NO2/c1-5-9(8(3)4)7-11-10(12)13-6-2/h8-9H,5-7H2,1-4H3,(H,11,12). The molecule has 0 spiro atoms. The molecule has 0 aliphatic heterocycles. The summed E-state index contributed by atoms with van der Waals surface area (Å²) < 4.78 is 4.77. The highest BCUT2D eigenvalue weighted by atomic mass is 16.5. The quantitative estimate of drug-likeness (QED) is 0.717. The fraction of sp³-hybridized carbons (Fsp3) is 0.900. The highest BCUT2D eigenvalue weighted by Crippen LogP contribution is 2.13. The van der Waals surface area contributed by atoms with Gasteiger partial charge in [0.25, 0.3) is 0 Å². The molecule has 0 fully saturated rings. The van der Waals surface area contributed by atoms with Crippen molar-refractivity contribution in [3.63, 3.8) is 0 Å². The van der Waals surface area contributed by atoms with Crippen LogP contribution in [-0.2, 0) is 4.74 Å². The van der Waals surface area contributed by atoms with Crippen molar-refractivity contribution < 1.29 is 9.53 Å². The summed E-state index contributed by atoms with van der Waals surface area (Å²) in [6, 6.07) is 0. The summed E-state index contributed by atoms with van der Waals surface area (Å²) in [6.45, 7) is 9.43. The summed E-state index contributed by atoms with van der Waals surface area (Å²) in [6.07, 6.45) is 0.783. The first-order chi connectivity index (χ1) is 6.11. The first-order valence-corrected chi connectivity index (χ1v) is 5.02. The fourth-order valence-electron chi connectivity index (χ4n) is 1.25. The zero-order valence-electron chi connectivity index (χ0n) is 9.09. The van der Waals surface area contributed by atoms with Gasteiger partial charge in [-0.2, -0.15) is 0 Å². The van der Waals surface area contributed by atoms with Crippen LogP contribution in [-0.4, -0.2) is 19.2 Å². The number of hydrogen-bond acceptors (Lipinski definition) is 2. The van der Waals surface area contributed by atoms with Crippen LogP contribution in [0.4, 0.5) is 4.79 Å². The van der Waals surface area contributed by atoms with Gasteiger partial charge < -0.3 is 10.1 Å². The van der Waals surface area contributed by atoms with E-state index in [-0.39, 0.29) is 6.09 Å². The van der Waals surface area contributed by atoms with Gasteiger partial charge in [0.2, 0.25) is 0 Å². The topological polar surface area (TPSA) is 38.3 Å². The highest BCUT2D eigenvalue weighted by molar-refractivity contribution is 5.66. The minimum Gasteiger partial charge on any atom is -0.450 e. The molecule has 78 valence electrons. The lowest BCUT2D eigenvalue weighted by molar-refractivity contribution is 0.149. The van der Waals surface area contributed by atoms with Crippen LogP contribution in [0.2, 0.25) is 0 Å². The molecule has 0 saturated heterocycles. The van der Waals surface area contributed by atoms with E-state index in [9.17, 15) is 4.79 Å². The molecular weight excluding hydrogens is 166 g/mol. The van der Waals surface area contributed by atoms with Gasteiger partial charge in [0, 0.05) is 6.54 Å². The molecule has 0 aliphatic carbocycles. The van der Waals surface area contributed by atoms with E-state index in [4.69, 9.17) is 4.74 Å². The number of rotatable bonds is 5. The van der Waals surface area contributed by atoms with Crippen molar-refractivity contribution >= 4 is 6.09 Å². The third-order valence-corrected chi connectivity index (χ3v) is 2.25. The molecule has 0 heterocycles. The van der Waals surface area contributed by atoms with E-state index >= 15 is 0 Å². The van der Waals surface area contributed by atoms with Crippen molar-refractivity contribution in [1.82, 2.24) is 5.32 Å². The summed E-state index contributed by atoms with van der Waals surface area (Å²) in [7, 11) is 0. The second-order valence-electron chi connectivity index (χ2n) is 3.51. The van der Waals surface area contributed by atoms with E-state index in [1.807, 2.05) is 0 Å². The van der Waals surface area contributed by atoms with Gasteiger partial charge in [-0.25, -0.2) is 4.79 Å². The van der Waals surface area contributed by atoms with Gasteiger partial charge in [-0.05, 0) is 18.8 Å². The molecule has 0 aromatic heterocycles. The Labute approximate surface area is 80.8 Å².